The molecule has 1 aromatic carbocycles. The van der Waals surface area contributed by atoms with Gasteiger partial charge in [-0.1, -0.05) is 6.92 Å². The molecule has 0 spiro atoms. The summed E-state index contributed by atoms with van der Waals surface area (Å²) in [4.78, 5) is 12.4. The molecule has 0 aromatic heterocycles. The highest BCUT2D eigenvalue weighted by atomic mass is 35.5. The summed E-state index contributed by atoms with van der Waals surface area (Å²) in [7, 11) is 1.58. The Balaban J connectivity index is 0.00000288. The molecule has 0 aliphatic carbocycles. The van der Waals surface area contributed by atoms with Crippen LogP contribution in [0.5, 0.6) is 0 Å². The van der Waals surface area contributed by atoms with Gasteiger partial charge in [0.05, 0.1) is 19.8 Å². The van der Waals surface area contributed by atoms with Crippen molar-refractivity contribution in [3.8, 4) is 0 Å². The number of rotatable bonds is 7. The van der Waals surface area contributed by atoms with Crippen molar-refractivity contribution in [2.45, 2.75) is 26.0 Å². The fourth-order valence-electron chi connectivity index (χ4n) is 2.63. The molecule has 7 heteroatoms. The summed E-state index contributed by atoms with van der Waals surface area (Å²) in [5.74, 6) is -0.152. The Morgan fingerprint density at radius 2 is 2.21 bits per heavy atom. The average molecular weight is 361 g/mol. The number of methoxy groups -OCH3 is 1. The van der Waals surface area contributed by atoms with Crippen LogP contribution in [0.2, 0.25) is 0 Å². The Labute approximate surface area is 148 Å². The topological polar surface area (TPSA) is 59.6 Å². The van der Waals surface area contributed by atoms with Crippen LogP contribution in [0.15, 0.2) is 18.2 Å². The molecule has 2 unspecified atom stereocenters. The zero-order valence-corrected chi connectivity index (χ0v) is 15.0. The maximum absolute atomic E-state index is 13.8. The highest BCUT2D eigenvalue weighted by molar-refractivity contribution is 5.94. The van der Waals surface area contributed by atoms with Gasteiger partial charge in [-0.25, -0.2) is 4.39 Å². The van der Waals surface area contributed by atoms with Crippen LogP contribution >= 0.6 is 12.4 Å². The second kappa shape index (κ2) is 10.6. The number of benzene rings is 1. The predicted molar refractivity (Wildman–Crippen MR) is 93.1 cm³/mol. The van der Waals surface area contributed by atoms with Crippen molar-refractivity contribution >= 4 is 18.3 Å². The molecule has 1 aliphatic heterocycles. The lowest BCUT2D eigenvalue weighted by molar-refractivity contribution is 0.0603. The molecular weight excluding hydrogens is 335 g/mol. The first-order valence-corrected chi connectivity index (χ1v) is 7.98. The Kier molecular flexibility index (Phi) is 9.21. The molecule has 1 aromatic rings. The van der Waals surface area contributed by atoms with Crippen molar-refractivity contribution in [3.63, 3.8) is 0 Å². The van der Waals surface area contributed by atoms with E-state index >= 15 is 0 Å². The second-order valence-corrected chi connectivity index (χ2v) is 5.90. The molecule has 24 heavy (non-hydrogen) atoms. The summed E-state index contributed by atoms with van der Waals surface area (Å²) in [5, 5.41) is 6.35. The van der Waals surface area contributed by atoms with Gasteiger partial charge in [0.25, 0.3) is 5.91 Å². The molecule has 0 saturated carbocycles. The number of halogens is 2. The molecule has 2 atom stereocenters. The fourth-order valence-corrected chi connectivity index (χ4v) is 2.63. The van der Waals surface area contributed by atoms with E-state index in [-0.39, 0.29) is 36.8 Å². The summed E-state index contributed by atoms with van der Waals surface area (Å²) in [6.07, 6.45) is 0.904. The Hall–Kier alpha value is -1.21. The molecule has 1 fully saturated rings. The minimum absolute atomic E-state index is 0. The second-order valence-electron chi connectivity index (χ2n) is 5.90. The summed E-state index contributed by atoms with van der Waals surface area (Å²) >= 11 is 0. The molecule has 5 nitrogen and oxygen atoms in total. The van der Waals surface area contributed by atoms with Crippen LogP contribution < -0.4 is 10.6 Å². The Morgan fingerprint density at radius 3 is 2.92 bits per heavy atom. The zero-order valence-electron chi connectivity index (χ0n) is 14.1. The molecule has 1 heterocycles. The van der Waals surface area contributed by atoms with Gasteiger partial charge < -0.3 is 20.1 Å². The molecule has 1 saturated heterocycles. The molecule has 136 valence electrons. The highest BCUT2D eigenvalue weighted by Gasteiger charge is 2.23. The molecule has 0 bridgehead atoms. The van der Waals surface area contributed by atoms with Crippen LogP contribution in [0.3, 0.4) is 0 Å². The van der Waals surface area contributed by atoms with E-state index in [1.54, 1.807) is 13.2 Å². The van der Waals surface area contributed by atoms with Crippen LogP contribution in [-0.4, -0.2) is 45.4 Å². The minimum Gasteiger partial charge on any atom is -0.382 e. The normalized spacial score (nSPS) is 20.3. The van der Waals surface area contributed by atoms with Gasteiger partial charge >= 0.3 is 0 Å². The van der Waals surface area contributed by atoms with E-state index in [4.69, 9.17) is 9.47 Å². The van der Waals surface area contributed by atoms with Crippen LogP contribution in [0, 0.1) is 11.7 Å². The lowest BCUT2D eigenvalue weighted by Crippen LogP contribution is -2.48. The van der Waals surface area contributed by atoms with Crippen LogP contribution in [0.1, 0.15) is 29.3 Å². The van der Waals surface area contributed by atoms with Crippen molar-refractivity contribution < 1.29 is 18.7 Å². The van der Waals surface area contributed by atoms with Gasteiger partial charge in [-0.3, -0.25) is 4.79 Å². The molecule has 2 N–H and O–H groups in total. The average Bonchev–Trinajstić information content (AvgIpc) is 2.55. The van der Waals surface area contributed by atoms with Crippen LogP contribution in [-0.2, 0) is 16.1 Å². The van der Waals surface area contributed by atoms with E-state index in [2.05, 4.69) is 17.6 Å². The SMILES string of the molecule is COCCOCc1cc(C(=O)NC2CCNCC2C)ccc1F.Cl. The molecular formula is C17H26ClFN2O3. The van der Waals surface area contributed by atoms with Crippen molar-refractivity contribution in [3.05, 3.63) is 35.1 Å². The van der Waals surface area contributed by atoms with Crippen molar-refractivity contribution in [1.29, 1.82) is 0 Å². The number of hydrogen-bond acceptors (Lipinski definition) is 4. The first-order valence-electron chi connectivity index (χ1n) is 7.98. The van der Waals surface area contributed by atoms with Crippen LogP contribution in [0.25, 0.3) is 0 Å². The first-order chi connectivity index (χ1) is 11.1. The minimum atomic E-state index is -0.366. The largest absolute Gasteiger partial charge is 0.382 e. The third-order valence-electron chi connectivity index (χ3n) is 4.10. The lowest BCUT2D eigenvalue weighted by atomic mass is 9.95. The van der Waals surface area contributed by atoms with Gasteiger partial charge in [0, 0.05) is 24.3 Å². The summed E-state index contributed by atoms with van der Waals surface area (Å²) in [6.45, 7) is 4.87. The van der Waals surface area contributed by atoms with Gasteiger partial charge in [0.2, 0.25) is 0 Å². The number of amides is 1. The summed E-state index contributed by atoms with van der Waals surface area (Å²) < 4.78 is 24.0. The molecule has 1 aliphatic rings. The number of hydrogen-bond donors (Lipinski definition) is 2. The number of carbonyl (C=O) groups is 1. The molecule has 2 rings (SSSR count). The molecule has 0 radical (unpaired) electrons. The lowest BCUT2D eigenvalue weighted by Gasteiger charge is -2.30. The first kappa shape index (κ1) is 20.8. The van der Waals surface area contributed by atoms with Crippen molar-refractivity contribution in [2.24, 2.45) is 5.92 Å². The van der Waals surface area contributed by atoms with Gasteiger partial charge in [0.15, 0.2) is 0 Å². The van der Waals surface area contributed by atoms with E-state index in [1.165, 1.54) is 12.1 Å². The van der Waals surface area contributed by atoms with Crippen molar-refractivity contribution in [2.75, 3.05) is 33.4 Å². The van der Waals surface area contributed by atoms with Gasteiger partial charge in [-0.05, 0) is 43.6 Å². The zero-order chi connectivity index (χ0) is 16.7. The highest BCUT2D eigenvalue weighted by Crippen LogP contribution is 2.15. The van der Waals surface area contributed by atoms with Crippen LogP contribution in [0.4, 0.5) is 4.39 Å². The monoisotopic (exact) mass is 360 g/mol. The van der Waals surface area contributed by atoms with E-state index < -0.39 is 0 Å². The Morgan fingerprint density at radius 1 is 1.42 bits per heavy atom. The summed E-state index contributed by atoms with van der Waals surface area (Å²) in [5.41, 5.74) is 0.842. The number of carbonyl (C=O) groups excluding carboxylic acids is 1. The van der Waals surface area contributed by atoms with E-state index in [0.717, 1.165) is 19.5 Å². The third kappa shape index (κ3) is 6.02. The molecule has 1 amide bonds. The Bertz CT molecular complexity index is 531. The number of piperidine rings is 1. The smallest absolute Gasteiger partial charge is 0.251 e. The quantitative estimate of drug-likeness (QED) is 0.731. The predicted octanol–water partition coefficient (Wildman–Crippen LogP) is 2.14. The van der Waals surface area contributed by atoms with Gasteiger partial charge in [0.1, 0.15) is 5.82 Å². The van der Waals surface area contributed by atoms with Gasteiger partial charge in [-0.2, -0.15) is 0 Å². The fraction of sp³-hybridized carbons (Fsp3) is 0.588. The third-order valence-corrected chi connectivity index (χ3v) is 4.10. The van der Waals surface area contributed by atoms with E-state index in [9.17, 15) is 9.18 Å². The maximum atomic E-state index is 13.8. The number of nitrogens with one attached hydrogen (secondary N) is 2. The number of ether oxygens (including phenoxy) is 2. The van der Waals surface area contributed by atoms with E-state index in [1.807, 2.05) is 0 Å². The van der Waals surface area contributed by atoms with Crippen molar-refractivity contribution in [1.82, 2.24) is 10.6 Å². The maximum Gasteiger partial charge on any atom is 0.251 e. The van der Waals surface area contributed by atoms with E-state index in [0.29, 0.717) is 30.3 Å². The standard InChI is InChI=1S/C17H25FN2O3.ClH/c1-12-10-19-6-5-16(12)20-17(21)13-3-4-15(18)14(9-13)11-23-8-7-22-2;/h3-4,9,12,16,19H,5-8,10-11H2,1-2H3,(H,20,21);1H. The van der Waals surface area contributed by atoms with Gasteiger partial charge in [-0.15, -0.1) is 12.4 Å². The summed E-state index contributed by atoms with van der Waals surface area (Å²) in [6, 6.07) is 4.53.